The molecule has 0 bridgehead atoms. The fourth-order valence-corrected chi connectivity index (χ4v) is 2.34. The molecule has 0 unspecified atom stereocenters. The van der Waals surface area contributed by atoms with Crippen LogP contribution in [0.5, 0.6) is 0 Å². The summed E-state index contributed by atoms with van der Waals surface area (Å²) in [6.45, 7) is 1.94. The molecule has 0 spiro atoms. The quantitative estimate of drug-likeness (QED) is 0.568. The van der Waals surface area contributed by atoms with Crippen molar-refractivity contribution < 1.29 is 13.4 Å². The maximum atomic E-state index is 12.0. The van der Waals surface area contributed by atoms with Crippen LogP contribution >= 0.6 is 0 Å². The molecule has 24 heavy (non-hydrogen) atoms. The Morgan fingerprint density at radius 3 is 2.92 bits per heavy atom. The Hall–Kier alpha value is -3.42. The molecule has 0 amide bonds. The van der Waals surface area contributed by atoms with E-state index in [1.165, 1.54) is 4.57 Å². The molecule has 0 aliphatic rings. The van der Waals surface area contributed by atoms with Gasteiger partial charge in [-0.15, -0.1) is 0 Å². The number of hydrogen-bond donors (Lipinski definition) is 0. The normalized spacial score (nSPS) is 11.0. The van der Waals surface area contributed by atoms with Crippen LogP contribution in [0.15, 0.2) is 61.1 Å². The van der Waals surface area contributed by atoms with Crippen LogP contribution in [0, 0.1) is 6.92 Å². The predicted molar refractivity (Wildman–Crippen MR) is 82.0 cm³/mol. The van der Waals surface area contributed by atoms with Crippen LogP contribution in [0.25, 0.3) is 23.0 Å². The molecular weight excluding hydrogens is 312 g/mol. The van der Waals surface area contributed by atoms with Crippen LogP contribution in [0.4, 0.5) is 0 Å². The lowest BCUT2D eigenvalue weighted by Gasteiger charge is -2.02. The van der Waals surface area contributed by atoms with Gasteiger partial charge in [-0.05, 0) is 31.2 Å². The lowest BCUT2D eigenvalue weighted by Crippen LogP contribution is -2.17. The summed E-state index contributed by atoms with van der Waals surface area (Å²) in [7, 11) is 0. The summed E-state index contributed by atoms with van der Waals surface area (Å²) in [4.78, 5) is 20.4. The summed E-state index contributed by atoms with van der Waals surface area (Å²) in [5, 5.41) is 3.83. The molecule has 4 aromatic heterocycles. The first-order valence-electron chi connectivity index (χ1n) is 7.19. The minimum atomic E-state index is -0.573. The second-order valence-corrected chi connectivity index (χ2v) is 5.10. The van der Waals surface area contributed by atoms with E-state index in [0.29, 0.717) is 34.5 Å². The molecule has 0 aromatic carbocycles. The summed E-state index contributed by atoms with van der Waals surface area (Å²) >= 11 is 0. The summed E-state index contributed by atoms with van der Waals surface area (Å²) in [6.07, 6.45) is 4.79. The van der Waals surface area contributed by atoms with Crippen LogP contribution in [0.2, 0.25) is 0 Å². The van der Waals surface area contributed by atoms with Crippen LogP contribution in [0.1, 0.15) is 11.5 Å². The fraction of sp³-hybridized carbons (Fsp3) is 0.125. The van der Waals surface area contributed by atoms with Gasteiger partial charge in [-0.25, -0.2) is 9.78 Å². The van der Waals surface area contributed by atoms with Crippen molar-refractivity contribution in [3.05, 3.63) is 64.9 Å². The van der Waals surface area contributed by atoms with E-state index >= 15 is 0 Å². The highest BCUT2D eigenvalue weighted by atomic mass is 16.5. The minimum Gasteiger partial charge on any atom is -0.459 e. The summed E-state index contributed by atoms with van der Waals surface area (Å²) < 4.78 is 17.1. The lowest BCUT2D eigenvalue weighted by molar-refractivity contribution is 0.378. The number of aryl methyl sites for hydroxylation is 1. The van der Waals surface area contributed by atoms with Gasteiger partial charge < -0.3 is 8.83 Å². The Kier molecular flexibility index (Phi) is 3.34. The van der Waals surface area contributed by atoms with Crippen molar-refractivity contribution in [3.8, 4) is 23.0 Å². The van der Waals surface area contributed by atoms with Gasteiger partial charge >= 0.3 is 5.76 Å². The van der Waals surface area contributed by atoms with Crippen molar-refractivity contribution in [2.75, 3.05) is 0 Å². The predicted octanol–water partition coefficient (Wildman–Crippen LogP) is 2.50. The van der Waals surface area contributed by atoms with Crippen LogP contribution in [0.3, 0.4) is 0 Å². The van der Waals surface area contributed by atoms with Crippen molar-refractivity contribution in [1.29, 1.82) is 0 Å². The van der Waals surface area contributed by atoms with Crippen molar-refractivity contribution in [2.24, 2.45) is 0 Å². The third-order valence-corrected chi connectivity index (χ3v) is 3.54. The maximum absolute atomic E-state index is 12.0. The topological polar surface area (TPSA) is 100 Å². The molecule has 0 saturated heterocycles. The van der Waals surface area contributed by atoms with E-state index in [1.807, 2.05) is 0 Å². The molecule has 8 heteroatoms. The zero-order valence-corrected chi connectivity index (χ0v) is 12.7. The Labute approximate surface area is 135 Å². The number of oxazole rings is 1. The second-order valence-electron chi connectivity index (χ2n) is 5.10. The highest BCUT2D eigenvalue weighted by molar-refractivity contribution is 5.53. The first kappa shape index (κ1) is 14.2. The van der Waals surface area contributed by atoms with Gasteiger partial charge in [0.15, 0.2) is 11.6 Å². The molecule has 0 saturated carbocycles. The van der Waals surface area contributed by atoms with Crippen molar-refractivity contribution in [3.63, 3.8) is 0 Å². The lowest BCUT2D eigenvalue weighted by atomic mass is 10.2. The van der Waals surface area contributed by atoms with Gasteiger partial charge in [-0.1, -0.05) is 5.16 Å². The highest BCUT2D eigenvalue weighted by Crippen LogP contribution is 2.23. The van der Waals surface area contributed by atoms with Gasteiger partial charge in [-0.3, -0.25) is 14.1 Å². The van der Waals surface area contributed by atoms with Crippen molar-refractivity contribution >= 4 is 0 Å². The molecule has 4 aromatic rings. The van der Waals surface area contributed by atoms with Gasteiger partial charge in [0.2, 0.25) is 0 Å². The summed E-state index contributed by atoms with van der Waals surface area (Å²) in [5.41, 5.74) is 1.27. The summed E-state index contributed by atoms with van der Waals surface area (Å²) in [5.74, 6) is 1.28. The number of aromatic nitrogens is 4. The first-order valence-corrected chi connectivity index (χ1v) is 7.19. The highest BCUT2D eigenvalue weighted by Gasteiger charge is 2.18. The number of nitrogens with zero attached hydrogens (tertiary/aromatic N) is 4. The first-order chi connectivity index (χ1) is 11.7. The SMILES string of the molecule is Cc1oc(-c2ccco2)nc1Cn1c(-c2cccnc2)noc1=O. The molecule has 0 N–H and O–H groups in total. The fourth-order valence-electron chi connectivity index (χ4n) is 2.34. The van der Waals surface area contributed by atoms with Gasteiger partial charge in [-0.2, -0.15) is 0 Å². The Morgan fingerprint density at radius 1 is 1.25 bits per heavy atom. The molecule has 0 aliphatic carbocycles. The average molecular weight is 324 g/mol. The van der Waals surface area contributed by atoms with Gasteiger partial charge in [0, 0.05) is 18.0 Å². The number of rotatable bonds is 4. The van der Waals surface area contributed by atoms with Crippen molar-refractivity contribution in [2.45, 2.75) is 13.5 Å². The number of furan rings is 1. The maximum Gasteiger partial charge on any atom is 0.442 e. The third kappa shape index (κ3) is 2.43. The number of hydrogen-bond acceptors (Lipinski definition) is 7. The monoisotopic (exact) mass is 324 g/mol. The van der Waals surface area contributed by atoms with Gasteiger partial charge in [0.1, 0.15) is 11.5 Å². The Balaban J connectivity index is 1.72. The second kappa shape index (κ2) is 5.65. The van der Waals surface area contributed by atoms with E-state index in [0.717, 1.165) is 0 Å². The average Bonchev–Trinajstić information content (AvgIpc) is 3.31. The van der Waals surface area contributed by atoms with Crippen LogP contribution < -0.4 is 5.76 Å². The van der Waals surface area contributed by atoms with Crippen LogP contribution in [-0.2, 0) is 6.54 Å². The molecule has 0 fully saturated rings. The molecule has 8 nitrogen and oxygen atoms in total. The van der Waals surface area contributed by atoms with E-state index in [4.69, 9.17) is 13.4 Å². The molecule has 4 heterocycles. The zero-order chi connectivity index (χ0) is 16.5. The van der Waals surface area contributed by atoms with E-state index in [-0.39, 0.29) is 6.54 Å². The molecule has 0 atom stereocenters. The smallest absolute Gasteiger partial charge is 0.442 e. The number of pyridine rings is 1. The molecule has 120 valence electrons. The molecule has 0 radical (unpaired) electrons. The summed E-state index contributed by atoms with van der Waals surface area (Å²) in [6, 6.07) is 7.06. The van der Waals surface area contributed by atoms with Crippen LogP contribution in [-0.4, -0.2) is 19.7 Å². The van der Waals surface area contributed by atoms with Crippen molar-refractivity contribution in [1.82, 2.24) is 19.7 Å². The largest absolute Gasteiger partial charge is 0.459 e. The zero-order valence-electron chi connectivity index (χ0n) is 12.7. The van der Waals surface area contributed by atoms with E-state index in [9.17, 15) is 4.79 Å². The molecule has 4 rings (SSSR count). The van der Waals surface area contributed by atoms with Gasteiger partial charge in [0.05, 0.1) is 12.8 Å². The Morgan fingerprint density at radius 2 is 2.17 bits per heavy atom. The molecular formula is C16H12N4O4. The molecule has 0 aliphatic heterocycles. The van der Waals surface area contributed by atoms with E-state index in [2.05, 4.69) is 15.1 Å². The van der Waals surface area contributed by atoms with Gasteiger partial charge in [0.25, 0.3) is 5.89 Å². The third-order valence-electron chi connectivity index (χ3n) is 3.54. The van der Waals surface area contributed by atoms with E-state index in [1.54, 1.807) is 49.8 Å². The standard InChI is InChI=1S/C16H12N4O4/c1-10-12(18-15(23-10)13-5-3-7-22-13)9-20-14(19-24-16(20)21)11-4-2-6-17-8-11/h2-8H,9H2,1H3. The Bertz CT molecular complexity index is 1010. The minimum absolute atomic E-state index is 0.169. The van der Waals surface area contributed by atoms with E-state index < -0.39 is 5.76 Å².